The Labute approximate surface area is 126 Å². The SMILES string of the molecule is CC(C)(C)OC(=O)NCCCNC1CCC(C(=O)O)CC1. The van der Waals surface area contributed by atoms with E-state index in [0.717, 1.165) is 38.6 Å². The maximum atomic E-state index is 11.4. The third-order valence-corrected chi connectivity index (χ3v) is 3.53. The van der Waals surface area contributed by atoms with E-state index in [1.165, 1.54) is 0 Å². The largest absolute Gasteiger partial charge is 0.481 e. The minimum Gasteiger partial charge on any atom is -0.481 e. The molecule has 1 saturated carbocycles. The molecule has 21 heavy (non-hydrogen) atoms. The van der Waals surface area contributed by atoms with E-state index in [4.69, 9.17) is 9.84 Å². The molecule has 0 spiro atoms. The van der Waals surface area contributed by atoms with Gasteiger partial charge in [0.05, 0.1) is 5.92 Å². The van der Waals surface area contributed by atoms with Crippen LogP contribution in [0.25, 0.3) is 0 Å². The molecule has 122 valence electrons. The number of carbonyl (C=O) groups is 2. The van der Waals surface area contributed by atoms with Gasteiger partial charge in [-0.3, -0.25) is 4.79 Å². The monoisotopic (exact) mass is 300 g/mol. The predicted molar refractivity (Wildman–Crippen MR) is 80.2 cm³/mol. The number of ether oxygens (including phenoxy) is 1. The van der Waals surface area contributed by atoms with Crippen molar-refractivity contribution in [3.05, 3.63) is 0 Å². The van der Waals surface area contributed by atoms with Gasteiger partial charge in [0.25, 0.3) is 0 Å². The second kappa shape index (κ2) is 8.22. The fourth-order valence-corrected chi connectivity index (χ4v) is 2.44. The third kappa shape index (κ3) is 7.90. The Morgan fingerprint density at radius 2 is 1.76 bits per heavy atom. The van der Waals surface area contributed by atoms with Gasteiger partial charge >= 0.3 is 12.1 Å². The van der Waals surface area contributed by atoms with E-state index in [1.54, 1.807) is 0 Å². The van der Waals surface area contributed by atoms with Crippen LogP contribution in [0.1, 0.15) is 52.9 Å². The van der Waals surface area contributed by atoms with Crippen LogP contribution in [-0.2, 0) is 9.53 Å². The highest BCUT2D eigenvalue weighted by molar-refractivity contribution is 5.70. The number of carboxylic acids is 1. The number of carboxylic acid groups (broad SMARTS) is 1. The first kappa shape index (κ1) is 17.8. The van der Waals surface area contributed by atoms with Crippen LogP contribution in [0.4, 0.5) is 4.79 Å². The Balaban J connectivity index is 2.03. The molecule has 0 saturated heterocycles. The highest BCUT2D eigenvalue weighted by Crippen LogP contribution is 2.24. The van der Waals surface area contributed by atoms with E-state index in [1.807, 2.05) is 20.8 Å². The summed E-state index contributed by atoms with van der Waals surface area (Å²) in [4.78, 5) is 22.3. The molecule has 1 amide bonds. The van der Waals surface area contributed by atoms with Crippen LogP contribution in [0, 0.1) is 5.92 Å². The highest BCUT2D eigenvalue weighted by Gasteiger charge is 2.25. The summed E-state index contributed by atoms with van der Waals surface area (Å²) in [7, 11) is 0. The molecule has 0 aliphatic heterocycles. The lowest BCUT2D eigenvalue weighted by molar-refractivity contribution is -0.142. The van der Waals surface area contributed by atoms with Gasteiger partial charge in [-0.05, 0) is 59.4 Å². The smallest absolute Gasteiger partial charge is 0.407 e. The maximum Gasteiger partial charge on any atom is 0.407 e. The van der Waals surface area contributed by atoms with Crippen LogP contribution >= 0.6 is 0 Å². The topological polar surface area (TPSA) is 87.7 Å². The summed E-state index contributed by atoms with van der Waals surface area (Å²) in [5.41, 5.74) is -0.467. The number of hydrogen-bond acceptors (Lipinski definition) is 4. The summed E-state index contributed by atoms with van der Waals surface area (Å²) in [6.07, 6.45) is 3.78. The quantitative estimate of drug-likeness (QED) is 0.654. The van der Waals surface area contributed by atoms with Gasteiger partial charge in [-0.15, -0.1) is 0 Å². The molecule has 0 bridgehead atoms. The lowest BCUT2D eigenvalue weighted by Gasteiger charge is -2.27. The molecule has 3 N–H and O–H groups in total. The lowest BCUT2D eigenvalue weighted by Crippen LogP contribution is -2.37. The van der Waals surface area contributed by atoms with Crippen LogP contribution in [0.5, 0.6) is 0 Å². The minimum absolute atomic E-state index is 0.170. The number of amides is 1. The second-order valence-electron chi connectivity index (χ2n) is 6.62. The number of alkyl carbamates (subject to hydrolysis) is 1. The van der Waals surface area contributed by atoms with E-state index in [0.29, 0.717) is 12.6 Å². The predicted octanol–water partition coefficient (Wildman–Crippen LogP) is 2.13. The first-order valence-corrected chi connectivity index (χ1v) is 7.71. The van der Waals surface area contributed by atoms with Crippen LogP contribution in [0.3, 0.4) is 0 Å². The summed E-state index contributed by atoms with van der Waals surface area (Å²) >= 11 is 0. The van der Waals surface area contributed by atoms with Crippen molar-refractivity contribution in [3.8, 4) is 0 Å². The molecule has 1 aliphatic rings. The van der Waals surface area contributed by atoms with Gasteiger partial charge < -0.3 is 20.5 Å². The van der Waals surface area contributed by atoms with Crippen molar-refractivity contribution in [2.45, 2.75) is 64.5 Å². The molecule has 0 aromatic carbocycles. The van der Waals surface area contributed by atoms with Gasteiger partial charge in [0.15, 0.2) is 0 Å². The fourth-order valence-electron chi connectivity index (χ4n) is 2.44. The standard InChI is InChI=1S/C15H28N2O4/c1-15(2,3)21-14(20)17-10-4-9-16-12-7-5-11(6-8-12)13(18)19/h11-12,16H,4-10H2,1-3H3,(H,17,20)(H,18,19). The van der Waals surface area contributed by atoms with Crippen LogP contribution in [0.2, 0.25) is 0 Å². The zero-order valence-corrected chi connectivity index (χ0v) is 13.3. The van der Waals surface area contributed by atoms with E-state index in [-0.39, 0.29) is 12.0 Å². The minimum atomic E-state index is -0.671. The molecule has 1 rings (SSSR count). The van der Waals surface area contributed by atoms with Crippen LogP contribution in [-0.4, -0.2) is 41.9 Å². The van der Waals surface area contributed by atoms with Gasteiger partial charge in [-0.2, -0.15) is 0 Å². The van der Waals surface area contributed by atoms with E-state index >= 15 is 0 Å². The Kier molecular flexibility index (Phi) is 6.95. The number of nitrogens with one attached hydrogen (secondary N) is 2. The summed E-state index contributed by atoms with van der Waals surface area (Å²) in [6, 6.07) is 0.405. The highest BCUT2D eigenvalue weighted by atomic mass is 16.6. The molecular formula is C15H28N2O4. The normalized spacial score (nSPS) is 22.6. The average molecular weight is 300 g/mol. The van der Waals surface area contributed by atoms with Gasteiger partial charge in [0.2, 0.25) is 0 Å². The Hall–Kier alpha value is -1.30. The van der Waals surface area contributed by atoms with Crippen LogP contribution < -0.4 is 10.6 Å². The second-order valence-corrected chi connectivity index (χ2v) is 6.62. The zero-order valence-electron chi connectivity index (χ0n) is 13.3. The molecule has 6 heteroatoms. The molecule has 0 aromatic heterocycles. The van der Waals surface area contributed by atoms with Gasteiger partial charge in [-0.25, -0.2) is 4.79 Å². The number of rotatable bonds is 6. The third-order valence-electron chi connectivity index (χ3n) is 3.53. The van der Waals surface area contributed by atoms with Gasteiger partial charge in [-0.1, -0.05) is 0 Å². The molecule has 0 atom stereocenters. The molecule has 0 aromatic rings. The van der Waals surface area contributed by atoms with Gasteiger partial charge in [0.1, 0.15) is 5.60 Å². The molecule has 6 nitrogen and oxygen atoms in total. The maximum absolute atomic E-state index is 11.4. The molecule has 0 unspecified atom stereocenters. The first-order chi connectivity index (χ1) is 9.78. The Morgan fingerprint density at radius 1 is 1.14 bits per heavy atom. The average Bonchev–Trinajstić information content (AvgIpc) is 2.36. The van der Waals surface area contributed by atoms with Crippen molar-refractivity contribution in [1.82, 2.24) is 10.6 Å². The Morgan fingerprint density at radius 3 is 2.29 bits per heavy atom. The molecular weight excluding hydrogens is 272 g/mol. The van der Waals surface area contributed by atoms with E-state index < -0.39 is 11.6 Å². The molecule has 1 fully saturated rings. The number of hydrogen-bond donors (Lipinski definition) is 3. The Bertz CT molecular complexity index is 344. The van der Waals surface area contributed by atoms with Crippen molar-refractivity contribution >= 4 is 12.1 Å². The summed E-state index contributed by atoms with van der Waals surface area (Å²) in [5, 5.41) is 15.1. The zero-order chi connectivity index (χ0) is 15.9. The fraction of sp³-hybridized carbons (Fsp3) is 0.867. The summed E-state index contributed by atoms with van der Waals surface area (Å²) in [5.74, 6) is -0.841. The number of carbonyl (C=O) groups excluding carboxylic acids is 1. The van der Waals surface area contributed by atoms with E-state index in [9.17, 15) is 9.59 Å². The molecule has 0 radical (unpaired) electrons. The lowest BCUT2D eigenvalue weighted by atomic mass is 9.86. The van der Waals surface area contributed by atoms with Crippen molar-refractivity contribution in [2.75, 3.05) is 13.1 Å². The van der Waals surface area contributed by atoms with Crippen molar-refractivity contribution in [2.24, 2.45) is 5.92 Å². The van der Waals surface area contributed by atoms with Crippen molar-refractivity contribution in [3.63, 3.8) is 0 Å². The van der Waals surface area contributed by atoms with Crippen LogP contribution in [0.15, 0.2) is 0 Å². The molecule has 0 heterocycles. The van der Waals surface area contributed by atoms with Crippen molar-refractivity contribution < 1.29 is 19.4 Å². The van der Waals surface area contributed by atoms with E-state index in [2.05, 4.69) is 10.6 Å². The van der Waals surface area contributed by atoms with Gasteiger partial charge in [0, 0.05) is 12.6 Å². The van der Waals surface area contributed by atoms with Crippen molar-refractivity contribution in [1.29, 1.82) is 0 Å². The number of aliphatic carboxylic acids is 1. The first-order valence-electron chi connectivity index (χ1n) is 7.71. The summed E-state index contributed by atoms with van der Waals surface area (Å²) in [6.45, 7) is 6.90. The summed E-state index contributed by atoms with van der Waals surface area (Å²) < 4.78 is 5.14. The molecule has 1 aliphatic carbocycles.